The van der Waals surface area contributed by atoms with Gasteiger partial charge in [-0.2, -0.15) is 0 Å². The number of furan rings is 1. The maximum absolute atomic E-state index is 11.9. The Hall–Kier alpha value is -2.03. The zero-order chi connectivity index (χ0) is 11.8. The maximum Gasteiger partial charge on any atom is 0.227 e. The van der Waals surface area contributed by atoms with Crippen molar-refractivity contribution in [1.82, 2.24) is 0 Å². The van der Waals surface area contributed by atoms with Crippen LogP contribution in [0, 0.1) is 5.92 Å². The van der Waals surface area contributed by atoms with Crippen molar-refractivity contribution in [1.29, 1.82) is 0 Å². The van der Waals surface area contributed by atoms with Gasteiger partial charge in [0.2, 0.25) is 5.91 Å². The van der Waals surface area contributed by atoms with Crippen LogP contribution in [0.4, 0.5) is 5.69 Å². The van der Waals surface area contributed by atoms with E-state index in [1.807, 2.05) is 37.3 Å². The van der Waals surface area contributed by atoms with E-state index in [0.717, 1.165) is 22.6 Å². The highest BCUT2D eigenvalue weighted by atomic mass is 16.3. The van der Waals surface area contributed by atoms with Crippen molar-refractivity contribution in [3.05, 3.63) is 42.2 Å². The van der Waals surface area contributed by atoms with Crippen LogP contribution in [0.3, 0.4) is 0 Å². The van der Waals surface area contributed by atoms with E-state index >= 15 is 0 Å². The number of fused-ring (bicyclic) bond motifs is 3. The SMILES string of the molecule is CC1Cc2ccoc2-c2ccccc2NC1=O. The monoisotopic (exact) mass is 227 g/mol. The van der Waals surface area contributed by atoms with Crippen LogP contribution >= 0.6 is 0 Å². The second kappa shape index (κ2) is 3.77. The molecule has 1 aromatic carbocycles. The Morgan fingerprint density at radius 2 is 2.12 bits per heavy atom. The van der Waals surface area contributed by atoms with Crippen molar-refractivity contribution in [2.45, 2.75) is 13.3 Å². The standard InChI is InChI=1S/C14H13NO2/c1-9-8-10-6-7-17-13(10)11-4-2-3-5-12(11)15-14(9)16/h2-7,9H,8H2,1H3,(H,15,16). The minimum absolute atomic E-state index is 0.0419. The number of hydrogen-bond donors (Lipinski definition) is 1. The molecule has 1 aromatic heterocycles. The Balaban J connectivity index is 2.21. The summed E-state index contributed by atoms with van der Waals surface area (Å²) in [6.07, 6.45) is 2.40. The first kappa shape index (κ1) is 10.1. The third kappa shape index (κ3) is 1.64. The predicted molar refractivity (Wildman–Crippen MR) is 65.6 cm³/mol. The molecule has 0 radical (unpaired) electrons. The molecule has 0 bridgehead atoms. The van der Waals surface area contributed by atoms with Gasteiger partial charge in [-0.1, -0.05) is 19.1 Å². The minimum Gasteiger partial charge on any atom is -0.464 e. The van der Waals surface area contributed by atoms with Gasteiger partial charge in [-0.15, -0.1) is 0 Å². The first-order valence-electron chi connectivity index (χ1n) is 5.72. The van der Waals surface area contributed by atoms with Gasteiger partial charge in [0.25, 0.3) is 0 Å². The zero-order valence-corrected chi connectivity index (χ0v) is 9.57. The molecule has 2 aromatic rings. The molecule has 0 fully saturated rings. The largest absolute Gasteiger partial charge is 0.464 e. The molecule has 1 N–H and O–H groups in total. The number of benzene rings is 1. The van der Waals surface area contributed by atoms with Crippen molar-refractivity contribution < 1.29 is 9.21 Å². The van der Waals surface area contributed by atoms with Crippen molar-refractivity contribution in [3.63, 3.8) is 0 Å². The lowest BCUT2D eigenvalue weighted by Gasteiger charge is -2.18. The van der Waals surface area contributed by atoms with Crippen LogP contribution in [0.2, 0.25) is 0 Å². The quantitative estimate of drug-likeness (QED) is 0.751. The highest BCUT2D eigenvalue weighted by molar-refractivity contribution is 5.97. The number of hydrogen-bond acceptors (Lipinski definition) is 2. The Kier molecular flexibility index (Phi) is 2.25. The summed E-state index contributed by atoms with van der Waals surface area (Å²) >= 11 is 0. The lowest BCUT2D eigenvalue weighted by Crippen LogP contribution is -2.23. The normalized spacial score (nSPS) is 18.6. The van der Waals surface area contributed by atoms with Crippen molar-refractivity contribution in [2.75, 3.05) is 5.32 Å². The Morgan fingerprint density at radius 1 is 1.29 bits per heavy atom. The molecule has 3 heteroatoms. The van der Waals surface area contributed by atoms with E-state index in [4.69, 9.17) is 4.42 Å². The number of para-hydroxylation sites is 1. The van der Waals surface area contributed by atoms with Crippen LogP contribution in [0.1, 0.15) is 12.5 Å². The van der Waals surface area contributed by atoms with Crippen molar-refractivity contribution in [2.24, 2.45) is 5.92 Å². The topological polar surface area (TPSA) is 42.2 Å². The number of rotatable bonds is 0. The fourth-order valence-electron chi connectivity index (χ4n) is 2.20. The van der Waals surface area contributed by atoms with Crippen LogP contribution in [-0.2, 0) is 11.2 Å². The molecule has 0 spiro atoms. The molecule has 0 aliphatic carbocycles. The molecule has 2 heterocycles. The van der Waals surface area contributed by atoms with E-state index in [0.29, 0.717) is 6.42 Å². The summed E-state index contributed by atoms with van der Waals surface area (Å²) in [5.41, 5.74) is 2.87. The first-order chi connectivity index (χ1) is 8.25. The van der Waals surface area contributed by atoms with Gasteiger partial charge in [-0.3, -0.25) is 4.79 Å². The summed E-state index contributed by atoms with van der Waals surface area (Å²) in [7, 11) is 0. The molecule has 0 saturated heterocycles. The molecule has 17 heavy (non-hydrogen) atoms. The Bertz CT molecular complexity index is 571. The Labute approximate surface area is 99.4 Å². The predicted octanol–water partition coefficient (Wildman–Crippen LogP) is 3.08. The second-order valence-corrected chi connectivity index (χ2v) is 4.41. The summed E-state index contributed by atoms with van der Waals surface area (Å²) in [5.74, 6) is 0.886. The number of nitrogens with one attached hydrogen (secondary N) is 1. The molecular weight excluding hydrogens is 214 g/mol. The highest BCUT2D eigenvalue weighted by Gasteiger charge is 2.23. The van der Waals surface area contributed by atoms with Crippen LogP contribution in [0.5, 0.6) is 0 Å². The van der Waals surface area contributed by atoms with E-state index in [2.05, 4.69) is 5.32 Å². The summed E-state index contributed by atoms with van der Waals surface area (Å²) in [4.78, 5) is 11.9. The van der Waals surface area contributed by atoms with Gasteiger partial charge in [0.1, 0.15) is 5.76 Å². The van der Waals surface area contributed by atoms with E-state index < -0.39 is 0 Å². The molecule has 1 aliphatic heterocycles. The van der Waals surface area contributed by atoms with E-state index in [9.17, 15) is 4.79 Å². The molecule has 1 unspecified atom stereocenters. The second-order valence-electron chi connectivity index (χ2n) is 4.41. The lowest BCUT2D eigenvalue weighted by atomic mass is 9.95. The zero-order valence-electron chi connectivity index (χ0n) is 9.57. The average molecular weight is 227 g/mol. The minimum atomic E-state index is -0.0419. The van der Waals surface area contributed by atoms with E-state index in [1.54, 1.807) is 6.26 Å². The lowest BCUT2D eigenvalue weighted by molar-refractivity contribution is -0.119. The first-order valence-corrected chi connectivity index (χ1v) is 5.72. The summed E-state index contributed by atoms with van der Waals surface area (Å²) in [6, 6.07) is 9.67. The van der Waals surface area contributed by atoms with E-state index in [1.165, 1.54) is 0 Å². The van der Waals surface area contributed by atoms with Crippen LogP contribution in [0.25, 0.3) is 11.3 Å². The summed E-state index contributed by atoms with van der Waals surface area (Å²) < 4.78 is 5.55. The molecule has 3 nitrogen and oxygen atoms in total. The fourth-order valence-corrected chi connectivity index (χ4v) is 2.20. The summed E-state index contributed by atoms with van der Waals surface area (Å²) in [5, 5.41) is 2.94. The third-order valence-electron chi connectivity index (χ3n) is 3.15. The number of carbonyl (C=O) groups excluding carboxylic acids is 1. The van der Waals surface area contributed by atoms with Gasteiger partial charge in [0, 0.05) is 11.5 Å². The highest BCUT2D eigenvalue weighted by Crippen LogP contribution is 2.34. The van der Waals surface area contributed by atoms with Crippen molar-refractivity contribution in [3.8, 4) is 11.3 Å². The Morgan fingerprint density at radius 3 is 3.00 bits per heavy atom. The number of carbonyl (C=O) groups is 1. The molecule has 0 saturated carbocycles. The van der Waals surface area contributed by atoms with Gasteiger partial charge in [0.15, 0.2) is 0 Å². The van der Waals surface area contributed by atoms with Crippen LogP contribution in [0.15, 0.2) is 41.0 Å². The summed E-state index contributed by atoms with van der Waals surface area (Å²) in [6.45, 7) is 1.93. The number of anilines is 1. The average Bonchev–Trinajstić information content (AvgIpc) is 2.76. The molecule has 86 valence electrons. The molecule has 3 rings (SSSR count). The third-order valence-corrected chi connectivity index (χ3v) is 3.15. The molecular formula is C14H13NO2. The molecule has 1 aliphatic rings. The maximum atomic E-state index is 11.9. The van der Waals surface area contributed by atoms with Crippen molar-refractivity contribution >= 4 is 11.6 Å². The van der Waals surface area contributed by atoms with E-state index in [-0.39, 0.29) is 11.8 Å². The van der Waals surface area contributed by atoms with Gasteiger partial charge in [0.05, 0.1) is 12.0 Å². The van der Waals surface area contributed by atoms with Gasteiger partial charge in [-0.25, -0.2) is 0 Å². The van der Waals surface area contributed by atoms with Gasteiger partial charge >= 0.3 is 0 Å². The van der Waals surface area contributed by atoms with Crippen LogP contribution in [-0.4, -0.2) is 5.91 Å². The molecule has 1 amide bonds. The number of amides is 1. The smallest absolute Gasteiger partial charge is 0.227 e. The van der Waals surface area contributed by atoms with Crippen LogP contribution < -0.4 is 5.32 Å². The van der Waals surface area contributed by atoms with Gasteiger partial charge in [-0.05, 0) is 30.2 Å². The van der Waals surface area contributed by atoms with Gasteiger partial charge < -0.3 is 9.73 Å². The molecule has 1 atom stereocenters. The fraction of sp³-hybridized carbons (Fsp3) is 0.214.